The Morgan fingerprint density at radius 3 is 2.83 bits per heavy atom. The van der Waals surface area contributed by atoms with Crippen LogP contribution in [0.25, 0.3) is 0 Å². The Morgan fingerprint density at radius 1 is 1.39 bits per heavy atom. The van der Waals surface area contributed by atoms with Crippen LogP contribution >= 0.6 is 0 Å². The van der Waals surface area contributed by atoms with E-state index in [0.29, 0.717) is 24.5 Å². The number of Topliss-reactive ketones (excluding diaryl/α,β-unsaturated/α-hetero) is 1. The molecule has 0 amide bonds. The Balaban J connectivity index is 2.22. The second-order valence-electron chi connectivity index (χ2n) is 5.47. The molecular weight excluding hydrogens is 229 g/mol. The zero-order valence-corrected chi connectivity index (χ0v) is 11.0. The standard InChI is InChI=1S/C15H20FNO/c1-17(2)10-12-6-7-14(18)9-15(12)11-4-3-5-13(16)8-11/h3-5,8,12,15H,6-7,9-10H2,1-2H3/t12-,15-/m1/s1. The van der Waals surface area contributed by atoms with E-state index < -0.39 is 0 Å². The zero-order chi connectivity index (χ0) is 13.1. The van der Waals surface area contributed by atoms with Crippen LogP contribution in [-0.4, -0.2) is 31.3 Å². The number of carbonyl (C=O) groups is 1. The van der Waals surface area contributed by atoms with Gasteiger partial charge in [-0.3, -0.25) is 4.79 Å². The summed E-state index contributed by atoms with van der Waals surface area (Å²) in [5.41, 5.74) is 0.968. The molecule has 3 heteroatoms. The van der Waals surface area contributed by atoms with E-state index in [9.17, 15) is 9.18 Å². The highest BCUT2D eigenvalue weighted by Gasteiger charge is 2.30. The molecular formula is C15H20FNO. The van der Waals surface area contributed by atoms with Gasteiger partial charge in [-0.25, -0.2) is 4.39 Å². The number of rotatable bonds is 3. The van der Waals surface area contributed by atoms with Gasteiger partial charge in [0.05, 0.1) is 0 Å². The van der Waals surface area contributed by atoms with Gasteiger partial charge >= 0.3 is 0 Å². The van der Waals surface area contributed by atoms with Crippen LogP contribution < -0.4 is 0 Å². The number of ketones is 1. The normalized spacial score (nSPS) is 24.6. The summed E-state index contributed by atoms with van der Waals surface area (Å²) in [6.45, 7) is 0.953. The predicted octanol–water partition coefficient (Wildman–Crippen LogP) is 2.84. The fourth-order valence-corrected chi connectivity index (χ4v) is 2.88. The molecule has 0 bridgehead atoms. The van der Waals surface area contributed by atoms with Gasteiger partial charge in [-0.15, -0.1) is 0 Å². The molecule has 0 spiro atoms. The van der Waals surface area contributed by atoms with Crippen molar-refractivity contribution in [3.05, 3.63) is 35.6 Å². The summed E-state index contributed by atoms with van der Waals surface area (Å²) in [4.78, 5) is 13.8. The van der Waals surface area contributed by atoms with Crippen molar-refractivity contribution in [1.82, 2.24) is 4.90 Å². The van der Waals surface area contributed by atoms with Crippen molar-refractivity contribution >= 4 is 5.78 Å². The second-order valence-corrected chi connectivity index (χ2v) is 5.47. The molecule has 2 rings (SSSR count). The third-order valence-corrected chi connectivity index (χ3v) is 3.69. The minimum Gasteiger partial charge on any atom is -0.309 e. The van der Waals surface area contributed by atoms with Crippen molar-refractivity contribution < 1.29 is 9.18 Å². The Bertz CT molecular complexity index is 430. The van der Waals surface area contributed by atoms with Crippen LogP contribution in [0.1, 0.15) is 30.7 Å². The summed E-state index contributed by atoms with van der Waals surface area (Å²) in [5.74, 6) is 0.706. The fourth-order valence-electron chi connectivity index (χ4n) is 2.88. The van der Waals surface area contributed by atoms with Crippen LogP contribution in [0.3, 0.4) is 0 Å². The van der Waals surface area contributed by atoms with Crippen molar-refractivity contribution in [3.63, 3.8) is 0 Å². The minimum absolute atomic E-state index is 0.171. The van der Waals surface area contributed by atoms with Crippen molar-refractivity contribution in [2.24, 2.45) is 5.92 Å². The van der Waals surface area contributed by atoms with Gasteiger partial charge in [0, 0.05) is 19.4 Å². The Labute approximate surface area is 108 Å². The van der Waals surface area contributed by atoms with Gasteiger partial charge in [-0.1, -0.05) is 12.1 Å². The smallest absolute Gasteiger partial charge is 0.133 e. The maximum absolute atomic E-state index is 13.3. The molecule has 1 fully saturated rings. The largest absolute Gasteiger partial charge is 0.309 e. The van der Waals surface area contributed by atoms with Crippen molar-refractivity contribution in [3.8, 4) is 0 Å². The molecule has 1 aliphatic carbocycles. The number of carbonyl (C=O) groups excluding carboxylic acids is 1. The topological polar surface area (TPSA) is 20.3 Å². The lowest BCUT2D eigenvalue weighted by Crippen LogP contribution is -2.31. The molecule has 1 aromatic carbocycles. The molecule has 0 aromatic heterocycles. The SMILES string of the molecule is CN(C)C[C@H]1CCC(=O)C[C@@H]1c1cccc(F)c1. The number of hydrogen-bond donors (Lipinski definition) is 0. The average molecular weight is 249 g/mol. The van der Waals surface area contributed by atoms with Gasteiger partial charge in [0.25, 0.3) is 0 Å². The molecule has 0 radical (unpaired) electrons. The zero-order valence-electron chi connectivity index (χ0n) is 11.0. The molecule has 0 unspecified atom stereocenters. The van der Waals surface area contributed by atoms with E-state index in [1.54, 1.807) is 12.1 Å². The molecule has 1 saturated carbocycles. The lowest BCUT2D eigenvalue weighted by molar-refractivity contribution is -0.121. The number of hydrogen-bond acceptors (Lipinski definition) is 2. The molecule has 0 heterocycles. The monoisotopic (exact) mass is 249 g/mol. The molecule has 1 aromatic rings. The van der Waals surface area contributed by atoms with Gasteiger partial charge < -0.3 is 4.90 Å². The van der Waals surface area contributed by atoms with Gasteiger partial charge in [0.15, 0.2) is 0 Å². The maximum Gasteiger partial charge on any atom is 0.133 e. The molecule has 98 valence electrons. The van der Waals surface area contributed by atoms with Gasteiger partial charge in [0.1, 0.15) is 11.6 Å². The van der Waals surface area contributed by atoms with E-state index in [0.717, 1.165) is 18.5 Å². The lowest BCUT2D eigenvalue weighted by Gasteiger charge is -2.33. The number of nitrogens with zero attached hydrogens (tertiary/aromatic N) is 1. The first kappa shape index (κ1) is 13.2. The van der Waals surface area contributed by atoms with Crippen molar-refractivity contribution in [1.29, 1.82) is 0 Å². The van der Waals surface area contributed by atoms with E-state index in [4.69, 9.17) is 0 Å². The second kappa shape index (κ2) is 5.61. The molecule has 0 N–H and O–H groups in total. The average Bonchev–Trinajstić information content (AvgIpc) is 2.31. The third kappa shape index (κ3) is 3.16. The van der Waals surface area contributed by atoms with Crippen LogP contribution in [0.15, 0.2) is 24.3 Å². The highest BCUT2D eigenvalue weighted by Crippen LogP contribution is 2.36. The van der Waals surface area contributed by atoms with Crippen LogP contribution in [0.2, 0.25) is 0 Å². The highest BCUT2D eigenvalue weighted by atomic mass is 19.1. The quantitative estimate of drug-likeness (QED) is 0.821. The molecule has 1 aliphatic rings. The summed E-state index contributed by atoms with van der Waals surface area (Å²) in [7, 11) is 4.08. The molecule has 18 heavy (non-hydrogen) atoms. The van der Waals surface area contributed by atoms with Crippen LogP contribution in [-0.2, 0) is 4.79 Å². The summed E-state index contributed by atoms with van der Waals surface area (Å²) in [5, 5.41) is 0. The van der Waals surface area contributed by atoms with E-state index >= 15 is 0 Å². The van der Waals surface area contributed by atoms with E-state index in [-0.39, 0.29) is 11.7 Å². The fraction of sp³-hybridized carbons (Fsp3) is 0.533. The maximum atomic E-state index is 13.3. The Morgan fingerprint density at radius 2 is 2.17 bits per heavy atom. The van der Waals surface area contributed by atoms with Gasteiger partial charge in [-0.2, -0.15) is 0 Å². The number of halogens is 1. The first-order chi connectivity index (χ1) is 8.56. The molecule has 0 saturated heterocycles. The van der Waals surface area contributed by atoms with Crippen LogP contribution in [0, 0.1) is 11.7 Å². The minimum atomic E-state index is -0.214. The van der Waals surface area contributed by atoms with E-state index in [1.165, 1.54) is 6.07 Å². The van der Waals surface area contributed by atoms with Crippen molar-refractivity contribution in [2.45, 2.75) is 25.2 Å². The van der Waals surface area contributed by atoms with Crippen LogP contribution in [0.5, 0.6) is 0 Å². The summed E-state index contributed by atoms with van der Waals surface area (Å²) in [6.07, 6.45) is 2.14. The van der Waals surface area contributed by atoms with E-state index in [1.807, 2.05) is 20.2 Å². The third-order valence-electron chi connectivity index (χ3n) is 3.69. The number of benzene rings is 1. The summed E-state index contributed by atoms with van der Waals surface area (Å²) in [6, 6.07) is 6.70. The first-order valence-electron chi connectivity index (χ1n) is 6.48. The Kier molecular flexibility index (Phi) is 4.12. The molecule has 2 atom stereocenters. The van der Waals surface area contributed by atoms with Crippen molar-refractivity contribution in [2.75, 3.05) is 20.6 Å². The summed E-state index contributed by atoms with van der Waals surface area (Å²) >= 11 is 0. The molecule has 0 aliphatic heterocycles. The highest BCUT2D eigenvalue weighted by molar-refractivity contribution is 5.80. The predicted molar refractivity (Wildman–Crippen MR) is 70.0 cm³/mol. The lowest BCUT2D eigenvalue weighted by atomic mass is 9.74. The van der Waals surface area contributed by atoms with Gasteiger partial charge in [0.2, 0.25) is 0 Å². The first-order valence-corrected chi connectivity index (χ1v) is 6.48. The Hall–Kier alpha value is -1.22. The summed E-state index contributed by atoms with van der Waals surface area (Å²) < 4.78 is 13.3. The van der Waals surface area contributed by atoms with Gasteiger partial charge in [-0.05, 0) is 50.0 Å². The van der Waals surface area contributed by atoms with E-state index in [2.05, 4.69) is 4.90 Å². The van der Waals surface area contributed by atoms with Crippen LogP contribution in [0.4, 0.5) is 4.39 Å². The molecule has 2 nitrogen and oxygen atoms in total.